The molecular formula is C41H36N4. The first-order valence-corrected chi connectivity index (χ1v) is 15.7. The molecular weight excluding hydrogens is 548 g/mol. The molecule has 0 unspecified atom stereocenters. The van der Waals surface area contributed by atoms with Gasteiger partial charge in [-0.15, -0.1) is 0 Å². The molecule has 7 aromatic rings. The maximum Gasteiger partial charge on any atom is 0.0720 e. The van der Waals surface area contributed by atoms with E-state index in [1.165, 1.54) is 67.1 Å². The van der Waals surface area contributed by atoms with Gasteiger partial charge in [-0.05, 0) is 91.2 Å². The minimum Gasteiger partial charge on any atom is -0.343 e. The second-order valence-corrected chi connectivity index (χ2v) is 11.9. The Morgan fingerprint density at radius 3 is 1.93 bits per heavy atom. The third-order valence-corrected chi connectivity index (χ3v) is 9.39. The summed E-state index contributed by atoms with van der Waals surface area (Å²) in [6, 6.07) is 48.4. The van der Waals surface area contributed by atoms with Crippen LogP contribution in [0.1, 0.15) is 18.1 Å². The van der Waals surface area contributed by atoms with Crippen LogP contribution >= 0.6 is 0 Å². The number of hydrogen-bond donors (Lipinski definition) is 0. The van der Waals surface area contributed by atoms with E-state index < -0.39 is 0 Å². The molecule has 0 spiro atoms. The molecule has 4 heteroatoms. The molecule has 45 heavy (non-hydrogen) atoms. The molecule has 0 bridgehead atoms. The standard InChI is InChI=1S/C41H36N4/c1-5-29-16-12-13-21-34(29)44(30-17-8-6-9-18-30)37-26-38-32(24-28(37)2)33-25-40-41(27-39(33)43(38)4)45(31-19-10-7-11-20-31)36-23-15-14-22-35(36)42(40)3/h6-27H,5H2,1-4H3. The molecule has 1 aliphatic rings. The van der Waals surface area contributed by atoms with Crippen molar-refractivity contribution in [3.63, 3.8) is 0 Å². The van der Waals surface area contributed by atoms with Crippen molar-refractivity contribution in [2.24, 2.45) is 7.05 Å². The van der Waals surface area contributed by atoms with E-state index in [1.54, 1.807) is 0 Å². The van der Waals surface area contributed by atoms with Gasteiger partial charge < -0.3 is 19.3 Å². The summed E-state index contributed by atoms with van der Waals surface area (Å²) in [6.45, 7) is 4.48. The maximum absolute atomic E-state index is 2.43. The number of hydrogen-bond acceptors (Lipinski definition) is 3. The first-order valence-electron chi connectivity index (χ1n) is 15.7. The monoisotopic (exact) mass is 584 g/mol. The van der Waals surface area contributed by atoms with Gasteiger partial charge in [-0.2, -0.15) is 0 Å². The second kappa shape index (κ2) is 10.6. The second-order valence-electron chi connectivity index (χ2n) is 11.9. The van der Waals surface area contributed by atoms with Crippen LogP contribution in [0.4, 0.5) is 45.5 Å². The Kier molecular flexibility index (Phi) is 6.38. The summed E-state index contributed by atoms with van der Waals surface area (Å²) in [5, 5.41) is 2.53. The van der Waals surface area contributed by atoms with Gasteiger partial charge >= 0.3 is 0 Å². The fourth-order valence-corrected chi connectivity index (χ4v) is 7.12. The van der Waals surface area contributed by atoms with Gasteiger partial charge in [0.05, 0.1) is 39.5 Å². The SMILES string of the molecule is CCc1ccccc1N(c1ccccc1)c1cc2c(cc1C)c1cc3c(cc1n2C)N(c1ccccc1)c1ccccc1N3C. The Bertz CT molecular complexity index is 2200. The summed E-state index contributed by atoms with van der Waals surface area (Å²) < 4.78 is 2.37. The Hall–Kier alpha value is -5.48. The smallest absolute Gasteiger partial charge is 0.0720 e. The zero-order chi connectivity index (χ0) is 30.7. The van der Waals surface area contributed by atoms with E-state index in [-0.39, 0.29) is 0 Å². The van der Waals surface area contributed by atoms with Gasteiger partial charge in [0.1, 0.15) is 0 Å². The van der Waals surface area contributed by atoms with Gasteiger partial charge in [0.2, 0.25) is 0 Å². The molecule has 220 valence electrons. The highest BCUT2D eigenvalue weighted by Gasteiger charge is 2.29. The minimum atomic E-state index is 0.966. The predicted octanol–water partition coefficient (Wildman–Crippen LogP) is 11.2. The molecule has 1 aromatic heterocycles. The van der Waals surface area contributed by atoms with Crippen LogP contribution in [0.15, 0.2) is 133 Å². The van der Waals surface area contributed by atoms with Crippen LogP contribution in [0.3, 0.4) is 0 Å². The molecule has 0 radical (unpaired) electrons. The number of aryl methyl sites for hydroxylation is 3. The number of rotatable bonds is 5. The Balaban J connectivity index is 1.38. The minimum absolute atomic E-state index is 0.966. The summed E-state index contributed by atoms with van der Waals surface area (Å²) in [4.78, 5) is 7.16. The van der Waals surface area contributed by atoms with Crippen molar-refractivity contribution < 1.29 is 0 Å². The van der Waals surface area contributed by atoms with Crippen LogP contribution in [0, 0.1) is 6.92 Å². The molecule has 4 nitrogen and oxygen atoms in total. The highest BCUT2D eigenvalue weighted by atomic mass is 15.3. The molecule has 2 heterocycles. The van der Waals surface area contributed by atoms with E-state index in [4.69, 9.17) is 0 Å². The van der Waals surface area contributed by atoms with E-state index in [1.807, 2.05) is 0 Å². The Morgan fingerprint density at radius 1 is 0.556 bits per heavy atom. The average Bonchev–Trinajstić information content (AvgIpc) is 3.35. The van der Waals surface area contributed by atoms with Gasteiger partial charge in [0.25, 0.3) is 0 Å². The third kappa shape index (κ3) is 4.21. The van der Waals surface area contributed by atoms with Gasteiger partial charge in [-0.1, -0.05) is 73.7 Å². The van der Waals surface area contributed by atoms with Crippen molar-refractivity contribution in [1.82, 2.24) is 4.57 Å². The van der Waals surface area contributed by atoms with Crippen LogP contribution in [0.25, 0.3) is 21.8 Å². The van der Waals surface area contributed by atoms with Crippen LogP contribution in [-0.2, 0) is 13.5 Å². The first-order chi connectivity index (χ1) is 22.0. The van der Waals surface area contributed by atoms with Crippen molar-refractivity contribution in [3.05, 3.63) is 145 Å². The first kappa shape index (κ1) is 27.1. The molecule has 6 aromatic carbocycles. The lowest BCUT2D eigenvalue weighted by molar-refractivity contribution is 1.01. The summed E-state index contributed by atoms with van der Waals surface area (Å²) >= 11 is 0. The van der Waals surface area contributed by atoms with Gasteiger partial charge in [-0.25, -0.2) is 0 Å². The van der Waals surface area contributed by atoms with Crippen LogP contribution < -0.4 is 14.7 Å². The van der Waals surface area contributed by atoms with E-state index in [2.05, 4.69) is 181 Å². The molecule has 0 saturated carbocycles. The number of aromatic nitrogens is 1. The average molecular weight is 585 g/mol. The highest BCUT2D eigenvalue weighted by Crippen LogP contribution is 2.53. The molecule has 0 N–H and O–H groups in total. The van der Waals surface area contributed by atoms with Crippen molar-refractivity contribution >= 4 is 67.3 Å². The molecule has 8 rings (SSSR count). The van der Waals surface area contributed by atoms with Crippen LogP contribution in [0.2, 0.25) is 0 Å². The number of nitrogens with zero attached hydrogens (tertiary/aromatic N) is 4. The van der Waals surface area contributed by atoms with Crippen molar-refractivity contribution in [2.45, 2.75) is 20.3 Å². The normalized spacial score (nSPS) is 12.4. The summed E-state index contributed by atoms with van der Waals surface area (Å²) in [5.41, 5.74) is 14.5. The maximum atomic E-state index is 2.43. The molecule has 0 atom stereocenters. The van der Waals surface area contributed by atoms with E-state index in [0.717, 1.165) is 17.8 Å². The molecule has 0 amide bonds. The lowest BCUT2D eigenvalue weighted by atomic mass is 10.0. The van der Waals surface area contributed by atoms with E-state index in [9.17, 15) is 0 Å². The summed E-state index contributed by atoms with van der Waals surface area (Å²) in [5.74, 6) is 0. The zero-order valence-corrected chi connectivity index (χ0v) is 26.2. The third-order valence-electron chi connectivity index (χ3n) is 9.39. The fraction of sp³-hybridized carbons (Fsp3) is 0.122. The van der Waals surface area contributed by atoms with E-state index >= 15 is 0 Å². The van der Waals surface area contributed by atoms with Crippen LogP contribution in [-0.4, -0.2) is 11.6 Å². The van der Waals surface area contributed by atoms with Crippen molar-refractivity contribution in [3.8, 4) is 0 Å². The largest absolute Gasteiger partial charge is 0.343 e. The van der Waals surface area contributed by atoms with Crippen LogP contribution in [0.5, 0.6) is 0 Å². The Labute approximate surface area is 265 Å². The lowest BCUT2D eigenvalue weighted by Gasteiger charge is -2.38. The quantitative estimate of drug-likeness (QED) is 0.200. The fourth-order valence-electron chi connectivity index (χ4n) is 7.12. The lowest BCUT2D eigenvalue weighted by Crippen LogP contribution is -2.24. The molecule has 0 aliphatic carbocycles. The van der Waals surface area contributed by atoms with Gasteiger partial charge in [0, 0.05) is 41.9 Å². The molecule has 0 saturated heterocycles. The topological polar surface area (TPSA) is 14.7 Å². The predicted molar refractivity (Wildman–Crippen MR) is 192 cm³/mol. The van der Waals surface area contributed by atoms with Crippen molar-refractivity contribution in [2.75, 3.05) is 21.7 Å². The highest BCUT2D eigenvalue weighted by molar-refractivity contribution is 6.14. The Morgan fingerprint density at radius 2 is 1.18 bits per heavy atom. The summed E-state index contributed by atoms with van der Waals surface area (Å²) in [6.07, 6.45) is 0.966. The van der Waals surface area contributed by atoms with Crippen molar-refractivity contribution in [1.29, 1.82) is 0 Å². The molecule has 1 aliphatic heterocycles. The summed E-state index contributed by atoms with van der Waals surface area (Å²) in [7, 11) is 4.39. The van der Waals surface area contributed by atoms with Gasteiger partial charge in [-0.3, -0.25) is 0 Å². The molecule has 0 fully saturated rings. The van der Waals surface area contributed by atoms with Gasteiger partial charge in [0.15, 0.2) is 0 Å². The number of anilines is 8. The number of fused-ring (bicyclic) bond motifs is 5. The number of para-hydroxylation sites is 5. The van der Waals surface area contributed by atoms with E-state index in [0.29, 0.717) is 0 Å². The number of benzene rings is 6. The zero-order valence-electron chi connectivity index (χ0n) is 26.2.